The van der Waals surface area contributed by atoms with Crippen LogP contribution >= 0.6 is 11.3 Å². The van der Waals surface area contributed by atoms with Crippen molar-refractivity contribution >= 4 is 11.3 Å². The average molecular weight is 212 g/mol. The predicted octanol–water partition coefficient (Wildman–Crippen LogP) is 3.28. The average Bonchev–Trinajstić information content (AvgIpc) is 2.60. The van der Waals surface area contributed by atoms with Crippen LogP contribution < -0.4 is 9.47 Å². The molecule has 0 bridgehead atoms. The minimum Gasteiger partial charge on any atom is -0.485 e. The van der Waals surface area contributed by atoms with Crippen molar-refractivity contribution in [2.45, 2.75) is 26.7 Å². The van der Waals surface area contributed by atoms with E-state index in [0.29, 0.717) is 25.0 Å². The van der Waals surface area contributed by atoms with Gasteiger partial charge in [0.1, 0.15) is 13.2 Å². The van der Waals surface area contributed by atoms with Crippen LogP contribution in [0.1, 0.15) is 31.6 Å². The monoisotopic (exact) mass is 212 g/mol. The van der Waals surface area contributed by atoms with E-state index in [2.05, 4.69) is 26.2 Å². The highest BCUT2D eigenvalue weighted by atomic mass is 32.1. The number of rotatable bonds is 2. The second-order valence-electron chi connectivity index (χ2n) is 4.02. The van der Waals surface area contributed by atoms with Gasteiger partial charge in [0, 0.05) is 5.38 Å². The van der Waals surface area contributed by atoms with Gasteiger partial charge in [-0.25, -0.2) is 0 Å². The topological polar surface area (TPSA) is 18.5 Å². The molecule has 1 unspecified atom stereocenters. The van der Waals surface area contributed by atoms with Crippen LogP contribution in [0.2, 0.25) is 0 Å². The Labute approximate surface area is 88.8 Å². The summed E-state index contributed by atoms with van der Waals surface area (Å²) < 4.78 is 11.2. The van der Waals surface area contributed by atoms with E-state index in [9.17, 15) is 0 Å². The number of hydrogen-bond donors (Lipinski definition) is 0. The molecule has 0 radical (unpaired) electrons. The van der Waals surface area contributed by atoms with Crippen molar-refractivity contribution in [2.75, 3.05) is 13.2 Å². The number of fused-ring (bicyclic) bond motifs is 1. The second kappa shape index (κ2) is 3.81. The van der Waals surface area contributed by atoms with Crippen molar-refractivity contribution in [3.63, 3.8) is 0 Å². The zero-order valence-corrected chi connectivity index (χ0v) is 9.69. The lowest BCUT2D eigenvalue weighted by Gasteiger charge is -2.20. The standard InChI is InChI=1S/C11H16O2S/c1-7(2)8(3)11-10-9(6-14-11)12-4-5-13-10/h6-8H,4-5H2,1-3H3. The summed E-state index contributed by atoms with van der Waals surface area (Å²) >= 11 is 1.75. The molecule has 0 amide bonds. The third kappa shape index (κ3) is 1.61. The molecule has 3 heteroatoms. The summed E-state index contributed by atoms with van der Waals surface area (Å²) in [6.45, 7) is 8.08. The Morgan fingerprint density at radius 2 is 1.93 bits per heavy atom. The summed E-state index contributed by atoms with van der Waals surface area (Å²) in [5, 5.41) is 2.06. The van der Waals surface area contributed by atoms with E-state index in [1.165, 1.54) is 4.88 Å². The Balaban J connectivity index is 2.30. The highest BCUT2D eigenvalue weighted by Crippen LogP contribution is 2.44. The number of hydrogen-bond acceptors (Lipinski definition) is 3. The number of ether oxygens (including phenoxy) is 2. The lowest BCUT2D eigenvalue weighted by atomic mass is 9.96. The van der Waals surface area contributed by atoms with Gasteiger partial charge in [-0.3, -0.25) is 0 Å². The lowest BCUT2D eigenvalue weighted by Crippen LogP contribution is -2.15. The van der Waals surface area contributed by atoms with Crippen molar-refractivity contribution in [1.82, 2.24) is 0 Å². The van der Waals surface area contributed by atoms with Crippen LogP contribution in [0.5, 0.6) is 11.5 Å². The molecule has 0 aromatic carbocycles. The van der Waals surface area contributed by atoms with Gasteiger partial charge >= 0.3 is 0 Å². The maximum absolute atomic E-state index is 5.65. The molecule has 0 fully saturated rings. The highest BCUT2D eigenvalue weighted by Gasteiger charge is 2.23. The quantitative estimate of drug-likeness (QED) is 0.749. The minimum atomic E-state index is 0.547. The molecule has 1 aromatic rings. The molecule has 1 aliphatic rings. The summed E-state index contributed by atoms with van der Waals surface area (Å²) in [4.78, 5) is 1.33. The summed E-state index contributed by atoms with van der Waals surface area (Å²) in [6.07, 6.45) is 0. The first-order valence-electron chi connectivity index (χ1n) is 5.07. The summed E-state index contributed by atoms with van der Waals surface area (Å²) in [6, 6.07) is 0. The van der Waals surface area contributed by atoms with E-state index in [1.807, 2.05) is 0 Å². The summed E-state index contributed by atoms with van der Waals surface area (Å²) in [5.74, 6) is 3.11. The fourth-order valence-corrected chi connectivity index (χ4v) is 2.66. The predicted molar refractivity (Wildman–Crippen MR) is 58.6 cm³/mol. The van der Waals surface area contributed by atoms with Gasteiger partial charge in [-0.1, -0.05) is 20.8 Å². The van der Waals surface area contributed by atoms with Crippen LogP contribution in [0.4, 0.5) is 0 Å². The first-order valence-corrected chi connectivity index (χ1v) is 5.95. The maximum Gasteiger partial charge on any atom is 0.175 e. The van der Waals surface area contributed by atoms with E-state index >= 15 is 0 Å². The van der Waals surface area contributed by atoms with Crippen molar-refractivity contribution < 1.29 is 9.47 Å². The SMILES string of the molecule is CC(C)C(C)c1scc2c1OCCO2. The minimum absolute atomic E-state index is 0.547. The van der Waals surface area contributed by atoms with Crippen LogP contribution in [0.15, 0.2) is 5.38 Å². The largest absolute Gasteiger partial charge is 0.485 e. The zero-order valence-electron chi connectivity index (χ0n) is 8.87. The smallest absolute Gasteiger partial charge is 0.175 e. The molecule has 1 atom stereocenters. The molecule has 14 heavy (non-hydrogen) atoms. The lowest BCUT2D eigenvalue weighted by molar-refractivity contribution is 0.171. The molecule has 2 heterocycles. The Bertz CT molecular complexity index is 317. The van der Waals surface area contributed by atoms with Crippen LogP contribution in [0.25, 0.3) is 0 Å². The second-order valence-corrected chi connectivity index (χ2v) is 4.93. The van der Waals surface area contributed by atoms with Gasteiger partial charge in [0.25, 0.3) is 0 Å². The number of thiophene rings is 1. The summed E-state index contributed by atoms with van der Waals surface area (Å²) in [5.41, 5.74) is 0. The van der Waals surface area contributed by atoms with E-state index in [1.54, 1.807) is 11.3 Å². The molecule has 1 aromatic heterocycles. The van der Waals surface area contributed by atoms with Crippen LogP contribution in [-0.4, -0.2) is 13.2 Å². The molecule has 2 nitrogen and oxygen atoms in total. The molecular weight excluding hydrogens is 196 g/mol. The molecule has 0 saturated heterocycles. The van der Waals surface area contributed by atoms with Crippen molar-refractivity contribution in [1.29, 1.82) is 0 Å². The third-order valence-corrected chi connectivity index (χ3v) is 3.88. The van der Waals surface area contributed by atoms with Gasteiger partial charge in [0.2, 0.25) is 0 Å². The van der Waals surface area contributed by atoms with Crippen molar-refractivity contribution in [3.8, 4) is 11.5 Å². The third-order valence-electron chi connectivity index (χ3n) is 2.74. The zero-order chi connectivity index (χ0) is 10.1. The van der Waals surface area contributed by atoms with Gasteiger partial charge in [-0.2, -0.15) is 0 Å². The van der Waals surface area contributed by atoms with Gasteiger partial charge in [-0.15, -0.1) is 11.3 Å². The first kappa shape index (κ1) is 9.84. The molecule has 2 rings (SSSR count). The Morgan fingerprint density at radius 1 is 1.21 bits per heavy atom. The van der Waals surface area contributed by atoms with Crippen molar-refractivity contribution in [2.24, 2.45) is 5.92 Å². The maximum atomic E-state index is 5.65. The van der Waals surface area contributed by atoms with E-state index in [0.717, 1.165) is 11.5 Å². The molecule has 0 aliphatic carbocycles. The van der Waals surface area contributed by atoms with E-state index in [4.69, 9.17) is 9.47 Å². The van der Waals surface area contributed by atoms with Gasteiger partial charge in [0.05, 0.1) is 4.88 Å². The Hall–Kier alpha value is -0.700. The molecular formula is C11H16O2S. The molecule has 1 aliphatic heterocycles. The van der Waals surface area contributed by atoms with E-state index < -0.39 is 0 Å². The first-order chi connectivity index (χ1) is 6.70. The molecule has 0 N–H and O–H groups in total. The summed E-state index contributed by atoms with van der Waals surface area (Å²) in [7, 11) is 0. The fourth-order valence-electron chi connectivity index (χ4n) is 1.50. The van der Waals surface area contributed by atoms with Crippen LogP contribution in [0, 0.1) is 5.92 Å². The fraction of sp³-hybridized carbons (Fsp3) is 0.636. The van der Waals surface area contributed by atoms with E-state index in [-0.39, 0.29) is 0 Å². The van der Waals surface area contributed by atoms with Crippen LogP contribution in [-0.2, 0) is 0 Å². The normalized spacial score (nSPS) is 17.1. The highest BCUT2D eigenvalue weighted by molar-refractivity contribution is 7.10. The molecule has 0 spiro atoms. The van der Waals surface area contributed by atoms with Gasteiger partial charge in [-0.05, 0) is 11.8 Å². The van der Waals surface area contributed by atoms with Gasteiger partial charge in [0.15, 0.2) is 11.5 Å². The van der Waals surface area contributed by atoms with Gasteiger partial charge < -0.3 is 9.47 Å². The van der Waals surface area contributed by atoms with Crippen molar-refractivity contribution in [3.05, 3.63) is 10.3 Å². The molecule has 0 saturated carbocycles. The Morgan fingerprint density at radius 3 is 2.64 bits per heavy atom. The van der Waals surface area contributed by atoms with Crippen LogP contribution in [0.3, 0.4) is 0 Å². The Kier molecular flexibility index (Phi) is 2.68. The molecule has 78 valence electrons.